The lowest BCUT2D eigenvalue weighted by Gasteiger charge is -2.23. The molecule has 0 saturated carbocycles. The van der Waals surface area contributed by atoms with Crippen molar-refractivity contribution in [3.8, 4) is 0 Å². The number of rotatable bonds is 14. The summed E-state index contributed by atoms with van der Waals surface area (Å²) < 4.78 is 0. The van der Waals surface area contributed by atoms with Crippen LogP contribution >= 0.6 is 0 Å². The summed E-state index contributed by atoms with van der Waals surface area (Å²) >= 11 is 0. The van der Waals surface area contributed by atoms with Crippen LogP contribution in [-0.2, 0) is 0 Å². The molecule has 1 N–H and O–H groups in total. The van der Waals surface area contributed by atoms with Crippen molar-refractivity contribution >= 4 is 0 Å². The van der Waals surface area contributed by atoms with Gasteiger partial charge in [-0.25, -0.2) is 0 Å². The van der Waals surface area contributed by atoms with E-state index in [0.29, 0.717) is 0 Å². The van der Waals surface area contributed by atoms with Crippen molar-refractivity contribution in [1.29, 1.82) is 0 Å². The normalized spacial score (nSPS) is 16.1. The SMILES string of the molecule is CCC(CCCCNC)CCC[C@H](CC)CC(C)C(C)C. The number of hydrogen-bond donors (Lipinski definition) is 1. The molecule has 3 atom stereocenters. The first-order chi connectivity index (χ1) is 10.0. The third-order valence-electron chi connectivity index (χ3n) is 5.51. The molecule has 1 nitrogen and oxygen atoms in total. The van der Waals surface area contributed by atoms with Crippen molar-refractivity contribution < 1.29 is 0 Å². The van der Waals surface area contributed by atoms with Gasteiger partial charge < -0.3 is 5.32 Å². The molecule has 1 heteroatoms. The highest BCUT2D eigenvalue weighted by molar-refractivity contribution is 4.67. The predicted molar refractivity (Wildman–Crippen MR) is 97.8 cm³/mol. The first-order valence-electron chi connectivity index (χ1n) is 9.69. The molecule has 0 spiro atoms. The minimum atomic E-state index is 0.842. The molecule has 0 aromatic heterocycles. The third-order valence-corrected chi connectivity index (χ3v) is 5.51. The van der Waals surface area contributed by atoms with E-state index in [-0.39, 0.29) is 0 Å². The maximum atomic E-state index is 3.25. The second kappa shape index (κ2) is 13.6. The minimum Gasteiger partial charge on any atom is -0.320 e. The van der Waals surface area contributed by atoms with Crippen LogP contribution in [0.1, 0.15) is 92.4 Å². The molecule has 2 unspecified atom stereocenters. The highest BCUT2D eigenvalue weighted by Gasteiger charge is 2.15. The van der Waals surface area contributed by atoms with Crippen LogP contribution in [0.3, 0.4) is 0 Å². The molecular formula is C20H43N. The Hall–Kier alpha value is -0.0400. The molecule has 0 aliphatic carbocycles. The number of nitrogens with one attached hydrogen (secondary N) is 1. The van der Waals surface area contributed by atoms with Crippen molar-refractivity contribution in [1.82, 2.24) is 5.32 Å². The molecule has 0 radical (unpaired) electrons. The minimum absolute atomic E-state index is 0.842. The van der Waals surface area contributed by atoms with Crippen molar-refractivity contribution in [2.24, 2.45) is 23.7 Å². The lowest BCUT2D eigenvalue weighted by Crippen LogP contribution is -2.11. The van der Waals surface area contributed by atoms with E-state index >= 15 is 0 Å². The third kappa shape index (κ3) is 11.2. The van der Waals surface area contributed by atoms with Crippen LogP contribution in [0.25, 0.3) is 0 Å². The van der Waals surface area contributed by atoms with E-state index in [0.717, 1.165) is 23.7 Å². The summed E-state index contributed by atoms with van der Waals surface area (Å²) in [4.78, 5) is 0. The zero-order chi connectivity index (χ0) is 16.1. The molecule has 0 fully saturated rings. The largest absolute Gasteiger partial charge is 0.320 e. The maximum Gasteiger partial charge on any atom is -0.00519 e. The number of hydrogen-bond acceptors (Lipinski definition) is 1. The number of unbranched alkanes of at least 4 members (excludes halogenated alkanes) is 1. The zero-order valence-electron chi connectivity index (χ0n) is 15.9. The Balaban J connectivity index is 3.84. The van der Waals surface area contributed by atoms with Gasteiger partial charge in [0.25, 0.3) is 0 Å². The van der Waals surface area contributed by atoms with Gasteiger partial charge in [0.1, 0.15) is 0 Å². The summed E-state index contributed by atoms with van der Waals surface area (Å²) in [6.07, 6.45) is 12.7. The van der Waals surface area contributed by atoms with E-state index in [1.54, 1.807) is 0 Å². The van der Waals surface area contributed by atoms with Crippen LogP contribution in [0.4, 0.5) is 0 Å². The molecule has 0 amide bonds. The Morgan fingerprint density at radius 2 is 1.33 bits per heavy atom. The van der Waals surface area contributed by atoms with E-state index in [9.17, 15) is 0 Å². The fourth-order valence-corrected chi connectivity index (χ4v) is 3.27. The lowest BCUT2D eigenvalue weighted by atomic mass is 9.83. The van der Waals surface area contributed by atoms with Crippen LogP contribution in [0, 0.1) is 23.7 Å². The fourth-order valence-electron chi connectivity index (χ4n) is 3.27. The monoisotopic (exact) mass is 297 g/mol. The van der Waals surface area contributed by atoms with E-state index in [2.05, 4.69) is 47.0 Å². The van der Waals surface area contributed by atoms with Crippen LogP contribution in [0.15, 0.2) is 0 Å². The van der Waals surface area contributed by atoms with Gasteiger partial charge in [-0.15, -0.1) is 0 Å². The summed E-state index contributed by atoms with van der Waals surface area (Å²) in [5.74, 6) is 3.67. The molecule has 0 heterocycles. The Morgan fingerprint density at radius 3 is 1.86 bits per heavy atom. The molecule has 0 aromatic carbocycles. The Bertz CT molecular complexity index is 212. The highest BCUT2D eigenvalue weighted by atomic mass is 14.8. The van der Waals surface area contributed by atoms with Crippen LogP contribution in [-0.4, -0.2) is 13.6 Å². The maximum absolute atomic E-state index is 3.25. The van der Waals surface area contributed by atoms with Gasteiger partial charge in [0.15, 0.2) is 0 Å². The summed E-state index contributed by atoms with van der Waals surface area (Å²) in [7, 11) is 2.06. The van der Waals surface area contributed by atoms with Gasteiger partial charge in [-0.2, -0.15) is 0 Å². The molecular weight excluding hydrogens is 254 g/mol. The van der Waals surface area contributed by atoms with Crippen LogP contribution in [0.5, 0.6) is 0 Å². The van der Waals surface area contributed by atoms with E-state index < -0.39 is 0 Å². The molecule has 128 valence electrons. The van der Waals surface area contributed by atoms with E-state index in [1.165, 1.54) is 64.3 Å². The smallest absolute Gasteiger partial charge is 0.00519 e. The molecule has 0 aliphatic rings. The summed E-state index contributed by atoms with van der Waals surface area (Å²) in [5.41, 5.74) is 0. The van der Waals surface area contributed by atoms with Crippen molar-refractivity contribution in [2.45, 2.75) is 92.4 Å². The van der Waals surface area contributed by atoms with Crippen molar-refractivity contribution in [3.05, 3.63) is 0 Å². The van der Waals surface area contributed by atoms with Gasteiger partial charge in [-0.05, 0) is 50.1 Å². The Kier molecular flexibility index (Phi) is 13.6. The van der Waals surface area contributed by atoms with Crippen molar-refractivity contribution in [2.75, 3.05) is 13.6 Å². The first-order valence-corrected chi connectivity index (χ1v) is 9.69. The van der Waals surface area contributed by atoms with Gasteiger partial charge in [-0.1, -0.05) is 79.6 Å². The van der Waals surface area contributed by atoms with E-state index in [4.69, 9.17) is 0 Å². The predicted octanol–water partition coefficient (Wildman–Crippen LogP) is 6.28. The van der Waals surface area contributed by atoms with Gasteiger partial charge in [0.2, 0.25) is 0 Å². The molecule has 0 rings (SSSR count). The quantitative estimate of drug-likeness (QED) is 0.372. The first kappa shape index (κ1) is 21.0. The zero-order valence-corrected chi connectivity index (χ0v) is 15.9. The van der Waals surface area contributed by atoms with Gasteiger partial charge in [-0.3, -0.25) is 0 Å². The van der Waals surface area contributed by atoms with E-state index in [1.807, 2.05) is 0 Å². The van der Waals surface area contributed by atoms with Gasteiger partial charge in [0.05, 0.1) is 0 Å². The molecule has 0 aromatic rings. The molecule has 0 aliphatic heterocycles. The lowest BCUT2D eigenvalue weighted by molar-refractivity contribution is 0.286. The topological polar surface area (TPSA) is 12.0 Å². The molecule has 0 saturated heterocycles. The summed E-state index contributed by atoms with van der Waals surface area (Å²) in [5, 5.41) is 3.25. The summed E-state index contributed by atoms with van der Waals surface area (Å²) in [6, 6.07) is 0. The van der Waals surface area contributed by atoms with Gasteiger partial charge in [0, 0.05) is 0 Å². The standard InChI is InChI=1S/C20H43N/c1-7-19(12-9-10-15-21-6)13-11-14-20(8-2)16-18(5)17(3)4/h17-21H,7-16H2,1-6H3/t18?,19?,20-/m0/s1. The second-order valence-corrected chi connectivity index (χ2v) is 7.54. The summed E-state index contributed by atoms with van der Waals surface area (Å²) in [6.45, 7) is 13.1. The average molecular weight is 298 g/mol. The van der Waals surface area contributed by atoms with Crippen molar-refractivity contribution in [3.63, 3.8) is 0 Å². The molecule has 21 heavy (non-hydrogen) atoms. The van der Waals surface area contributed by atoms with Gasteiger partial charge >= 0.3 is 0 Å². The average Bonchev–Trinajstić information content (AvgIpc) is 2.48. The van der Waals surface area contributed by atoms with Crippen LogP contribution in [0.2, 0.25) is 0 Å². The fraction of sp³-hybridized carbons (Fsp3) is 1.00. The highest BCUT2D eigenvalue weighted by Crippen LogP contribution is 2.27. The van der Waals surface area contributed by atoms with Crippen LogP contribution < -0.4 is 5.32 Å². The second-order valence-electron chi connectivity index (χ2n) is 7.54. The molecule has 0 bridgehead atoms. The Labute approximate surface area is 135 Å². The Morgan fingerprint density at radius 1 is 0.762 bits per heavy atom.